The predicted octanol–water partition coefficient (Wildman–Crippen LogP) is 2.39. The SMILES string of the molecule is NCC1CCC2CC1CN2c1cccc(F)c1. The number of anilines is 1. The van der Waals surface area contributed by atoms with Gasteiger partial charge in [0.15, 0.2) is 0 Å². The summed E-state index contributed by atoms with van der Waals surface area (Å²) >= 11 is 0. The van der Waals surface area contributed by atoms with Gasteiger partial charge in [0.05, 0.1) is 0 Å². The van der Waals surface area contributed by atoms with E-state index in [1.54, 1.807) is 12.1 Å². The zero-order chi connectivity index (χ0) is 11.8. The monoisotopic (exact) mass is 234 g/mol. The van der Waals surface area contributed by atoms with E-state index in [4.69, 9.17) is 5.73 Å². The fraction of sp³-hybridized carbons (Fsp3) is 0.571. The van der Waals surface area contributed by atoms with Gasteiger partial charge in [-0.15, -0.1) is 0 Å². The van der Waals surface area contributed by atoms with Crippen molar-refractivity contribution in [1.29, 1.82) is 0 Å². The molecule has 1 aromatic carbocycles. The molecule has 0 spiro atoms. The highest BCUT2D eigenvalue weighted by atomic mass is 19.1. The number of fused-ring (bicyclic) bond motifs is 2. The minimum absolute atomic E-state index is 0.140. The molecule has 0 aromatic heterocycles. The summed E-state index contributed by atoms with van der Waals surface area (Å²) in [5.74, 6) is 1.24. The van der Waals surface area contributed by atoms with E-state index < -0.39 is 0 Å². The molecule has 0 amide bonds. The number of nitrogens with two attached hydrogens (primary N) is 1. The van der Waals surface area contributed by atoms with Crippen LogP contribution in [0.5, 0.6) is 0 Å². The lowest BCUT2D eigenvalue weighted by Gasteiger charge is -2.28. The second-order valence-corrected chi connectivity index (χ2v) is 5.35. The summed E-state index contributed by atoms with van der Waals surface area (Å²) in [5.41, 5.74) is 6.85. The summed E-state index contributed by atoms with van der Waals surface area (Å²) in [6.07, 6.45) is 3.67. The van der Waals surface area contributed by atoms with E-state index in [0.717, 1.165) is 18.8 Å². The maximum Gasteiger partial charge on any atom is 0.125 e. The highest BCUT2D eigenvalue weighted by molar-refractivity contribution is 5.49. The summed E-state index contributed by atoms with van der Waals surface area (Å²) in [4.78, 5) is 2.38. The van der Waals surface area contributed by atoms with Gasteiger partial charge >= 0.3 is 0 Å². The van der Waals surface area contributed by atoms with Gasteiger partial charge in [-0.05, 0) is 55.8 Å². The van der Waals surface area contributed by atoms with Crippen LogP contribution in [-0.4, -0.2) is 19.1 Å². The zero-order valence-corrected chi connectivity index (χ0v) is 9.98. The van der Waals surface area contributed by atoms with Gasteiger partial charge < -0.3 is 10.6 Å². The minimum atomic E-state index is -0.140. The molecule has 2 fully saturated rings. The van der Waals surface area contributed by atoms with E-state index in [1.165, 1.54) is 25.3 Å². The Morgan fingerprint density at radius 2 is 2.24 bits per heavy atom. The Morgan fingerprint density at radius 1 is 1.35 bits per heavy atom. The van der Waals surface area contributed by atoms with Crippen molar-refractivity contribution in [2.45, 2.75) is 25.3 Å². The first-order valence-electron chi connectivity index (χ1n) is 6.50. The molecule has 1 saturated carbocycles. The molecule has 2 aliphatic rings. The Bertz CT molecular complexity index is 407. The molecule has 1 aliphatic carbocycles. The van der Waals surface area contributed by atoms with Crippen LogP contribution in [0.1, 0.15) is 19.3 Å². The molecular weight excluding hydrogens is 215 g/mol. The smallest absolute Gasteiger partial charge is 0.125 e. The molecule has 1 aliphatic heterocycles. The summed E-state index contributed by atoms with van der Waals surface area (Å²) in [5, 5.41) is 0. The van der Waals surface area contributed by atoms with Crippen LogP contribution in [0.3, 0.4) is 0 Å². The molecule has 0 radical (unpaired) electrons. The van der Waals surface area contributed by atoms with Crippen LogP contribution < -0.4 is 10.6 Å². The van der Waals surface area contributed by atoms with E-state index in [2.05, 4.69) is 4.90 Å². The van der Waals surface area contributed by atoms with Crippen molar-refractivity contribution in [1.82, 2.24) is 0 Å². The van der Waals surface area contributed by atoms with Gasteiger partial charge in [0.2, 0.25) is 0 Å². The summed E-state index contributed by atoms with van der Waals surface area (Å²) in [7, 11) is 0. The Labute approximate surface area is 102 Å². The number of hydrogen-bond donors (Lipinski definition) is 1. The fourth-order valence-corrected chi connectivity index (χ4v) is 3.49. The summed E-state index contributed by atoms with van der Waals surface area (Å²) < 4.78 is 13.3. The van der Waals surface area contributed by atoms with Crippen LogP contribution >= 0.6 is 0 Å². The van der Waals surface area contributed by atoms with E-state index in [9.17, 15) is 4.39 Å². The van der Waals surface area contributed by atoms with Crippen LogP contribution in [0.15, 0.2) is 24.3 Å². The first-order valence-corrected chi connectivity index (χ1v) is 6.50. The molecule has 3 atom stereocenters. The lowest BCUT2D eigenvalue weighted by atomic mass is 9.80. The molecule has 3 heteroatoms. The minimum Gasteiger partial charge on any atom is -0.368 e. The third-order valence-corrected chi connectivity index (χ3v) is 4.43. The Hall–Kier alpha value is -1.09. The number of nitrogens with zero attached hydrogens (tertiary/aromatic N) is 1. The quantitative estimate of drug-likeness (QED) is 0.851. The number of benzene rings is 1. The fourth-order valence-electron chi connectivity index (χ4n) is 3.49. The Balaban J connectivity index is 1.82. The molecular formula is C14H19FN2. The number of rotatable bonds is 2. The first-order chi connectivity index (χ1) is 8.28. The normalized spacial score (nSPS) is 31.9. The van der Waals surface area contributed by atoms with Gasteiger partial charge in [-0.2, -0.15) is 0 Å². The molecule has 17 heavy (non-hydrogen) atoms. The molecule has 2 bridgehead atoms. The van der Waals surface area contributed by atoms with E-state index in [-0.39, 0.29) is 5.82 Å². The van der Waals surface area contributed by atoms with Gasteiger partial charge in [-0.3, -0.25) is 0 Å². The van der Waals surface area contributed by atoms with Gasteiger partial charge in [0.1, 0.15) is 5.82 Å². The highest BCUT2D eigenvalue weighted by Crippen LogP contribution is 2.41. The second-order valence-electron chi connectivity index (χ2n) is 5.35. The average molecular weight is 234 g/mol. The van der Waals surface area contributed by atoms with Crippen molar-refractivity contribution in [2.24, 2.45) is 17.6 Å². The zero-order valence-electron chi connectivity index (χ0n) is 9.98. The molecule has 3 rings (SSSR count). The Morgan fingerprint density at radius 3 is 3.00 bits per heavy atom. The lowest BCUT2D eigenvalue weighted by molar-refractivity contribution is 0.287. The number of halogens is 1. The van der Waals surface area contributed by atoms with Crippen LogP contribution in [0.2, 0.25) is 0 Å². The van der Waals surface area contributed by atoms with Crippen molar-refractivity contribution in [3.63, 3.8) is 0 Å². The second kappa shape index (κ2) is 4.30. The third-order valence-electron chi connectivity index (χ3n) is 4.43. The first kappa shape index (κ1) is 11.0. The van der Waals surface area contributed by atoms with Gasteiger partial charge in [-0.1, -0.05) is 6.07 Å². The van der Waals surface area contributed by atoms with Gasteiger partial charge in [0, 0.05) is 18.3 Å². The van der Waals surface area contributed by atoms with Crippen molar-refractivity contribution < 1.29 is 4.39 Å². The summed E-state index contributed by atoms with van der Waals surface area (Å²) in [6, 6.07) is 7.57. The van der Waals surface area contributed by atoms with Gasteiger partial charge in [-0.25, -0.2) is 4.39 Å². The molecule has 2 nitrogen and oxygen atoms in total. The highest BCUT2D eigenvalue weighted by Gasteiger charge is 2.40. The molecule has 1 heterocycles. The third kappa shape index (κ3) is 1.93. The molecule has 1 saturated heterocycles. The van der Waals surface area contributed by atoms with Crippen LogP contribution in [-0.2, 0) is 0 Å². The van der Waals surface area contributed by atoms with E-state index >= 15 is 0 Å². The largest absolute Gasteiger partial charge is 0.368 e. The maximum absolute atomic E-state index is 13.3. The standard InChI is InChI=1S/C14H19FN2/c15-12-2-1-3-13(7-12)17-9-11-6-14(17)5-4-10(11)8-16/h1-3,7,10-11,14H,4-6,8-9,16H2. The van der Waals surface area contributed by atoms with E-state index in [1.807, 2.05) is 6.07 Å². The van der Waals surface area contributed by atoms with Crippen molar-refractivity contribution in [3.8, 4) is 0 Å². The average Bonchev–Trinajstić information content (AvgIpc) is 2.68. The van der Waals surface area contributed by atoms with E-state index in [0.29, 0.717) is 17.9 Å². The Kier molecular flexibility index (Phi) is 2.79. The predicted molar refractivity (Wildman–Crippen MR) is 67.4 cm³/mol. The van der Waals surface area contributed by atoms with Crippen LogP contribution in [0, 0.1) is 17.7 Å². The van der Waals surface area contributed by atoms with Crippen molar-refractivity contribution in [2.75, 3.05) is 18.0 Å². The summed E-state index contributed by atoms with van der Waals surface area (Å²) in [6.45, 7) is 1.85. The molecule has 3 unspecified atom stereocenters. The van der Waals surface area contributed by atoms with Gasteiger partial charge in [0.25, 0.3) is 0 Å². The maximum atomic E-state index is 13.3. The van der Waals surface area contributed by atoms with Crippen LogP contribution in [0.4, 0.5) is 10.1 Å². The molecule has 1 aromatic rings. The van der Waals surface area contributed by atoms with Crippen LogP contribution in [0.25, 0.3) is 0 Å². The molecule has 2 N–H and O–H groups in total. The number of hydrogen-bond acceptors (Lipinski definition) is 2. The molecule has 92 valence electrons. The van der Waals surface area contributed by atoms with Crippen molar-refractivity contribution in [3.05, 3.63) is 30.1 Å². The lowest BCUT2D eigenvalue weighted by Crippen LogP contribution is -2.29. The van der Waals surface area contributed by atoms with Crippen molar-refractivity contribution >= 4 is 5.69 Å². The topological polar surface area (TPSA) is 29.3 Å².